The fraction of sp³-hybridized carbons (Fsp3) is 0.818. The summed E-state index contributed by atoms with van der Waals surface area (Å²) in [7, 11) is 0. The summed E-state index contributed by atoms with van der Waals surface area (Å²) < 4.78 is 5.16. The maximum absolute atomic E-state index is 11.7. The van der Waals surface area contributed by atoms with Crippen LogP contribution in [-0.4, -0.2) is 46.7 Å². The maximum Gasteiger partial charge on any atom is 0.410 e. The number of likely N-dealkylation sites (tertiary alicyclic amines) is 1. The number of hydrogen-bond acceptors (Lipinski definition) is 4. The molecule has 1 rings (SSSR count). The predicted molar refractivity (Wildman–Crippen MR) is 58.0 cm³/mol. The Morgan fingerprint density at radius 3 is 2.25 bits per heavy atom. The molecule has 0 radical (unpaired) electrons. The van der Waals surface area contributed by atoms with E-state index in [2.05, 4.69) is 0 Å². The predicted octanol–water partition coefficient (Wildman–Crippen LogP) is 0.803. The number of Topliss-reactive ketones (excluding diaryl/α,β-unsaturated/α-hetero) is 1. The third-order valence-electron chi connectivity index (χ3n) is 2.46. The molecular weight excluding hydrogens is 210 g/mol. The Morgan fingerprint density at radius 2 is 1.88 bits per heavy atom. The summed E-state index contributed by atoms with van der Waals surface area (Å²) in [5, 5.41) is 9.61. The van der Waals surface area contributed by atoms with E-state index in [1.165, 1.54) is 11.8 Å². The number of rotatable bonds is 1. The Hall–Kier alpha value is -1.10. The standard InChI is InChI=1S/C11H19NO4/c1-7(13)8-5-12(6-9(8)14)10(15)16-11(2,3)4/h8-9,14H,5-6H2,1-4H3/t8-,9+/m0/s1. The molecule has 92 valence electrons. The molecule has 1 heterocycles. The molecule has 1 aliphatic heterocycles. The van der Waals surface area contributed by atoms with Crippen LogP contribution in [0.3, 0.4) is 0 Å². The number of aliphatic hydroxyl groups is 1. The summed E-state index contributed by atoms with van der Waals surface area (Å²) >= 11 is 0. The minimum atomic E-state index is -0.773. The number of carbonyl (C=O) groups excluding carboxylic acids is 2. The Kier molecular flexibility index (Phi) is 3.57. The third kappa shape index (κ3) is 3.20. The Balaban J connectivity index is 2.58. The van der Waals surface area contributed by atoms with Gasteiger partial charge in [0.15, 0.2) is 0 Å². The summed E-state index contributed by atoms with van der Waals surface area (Å²) in [4.78, 5) is 24.2. The van der Waals surface area contributed by atoms with Gasteiger partial charge in [0, 0.05) is 6.54 Å². The van der Waals surface area contributed by atoms with Crippen LogP contribution in [-0.2, 0) is 9.53 Å². The van der Waals surface area contributed by atoms with E-state index in [1.807, 2.05) is 0 Å². The lowest BCUT2D eigenvalue weighted by Gasteiger charge is -2.24. The molecule has 16 heavy (non-hydrogen) atoms. The van der Waals surface area contributed by atoms with Gasteiger partial charge in [-0.1, -0.05) is 0 Å². The van der Waals surface area contributed by atoms with Gasteiger partial charge in [-0.3, -0.25) is 4.79 Å². The van der Waals surface area contributed by atoms with E-state index in [0.29, 0.717) is 0 Å². The normalized spacial score (nSPS) is 25.7. The van der Waals surface area contributed by atoms with Crippen LogP contribution in [0.5, 0.6) is 0 Å². The zero-order valence-corrected chi connectivity index (χ0v) is 10.2. The number of amides is 1. The molecule has 5 heteroatoms. The molecule has 1 aliphatic rings. The van der Waals surface area contributed by atoms with Crippen LogP contribution in [0, 0.1) is 5.92 Å². The average molecular weight is 229 g/mol. The van der Waals surface area contributed by atoms with Gasteiger partial charge < -0.3 is 14.7 Å². The molecule has 0 saturated carbocycles. The van der Waals surface area contributed by atoms with Crippen molar-refractivity contribution in [2.24, 2.45) is 5.92 Å². The highest BCUT2D eigenvalue weighted by Gasteiger charge is 2.38. The molecule has 0 unspecified atom stereocenters. The second-order valence-corrected chi connectivity index (χ2v) is 5.17. The van der Waals surface area contributed by atoms with Gasteiger partial charge in [-0.05, 0) is 27.7 Å². The van der Waals surface area contributed by atoms with Crippen molar-refractivity contribution in [1.29, 1.82) is 0 Å². The summed E-state index contributed by atoms with van der Waals surface area (Å²) in [6.07, 6.45) is -1.25. The van der Waals surface area contributed by atoms with E-state index in [-0.39, 0.29) is 18.9 Å². The van der Waals surface area contributed by atoms with Crippen LogP contribution in [0.15, 0.2) is 0 Å². The monoisotopic (exact) mass is 229 g/mol. The van der Waals surface area contributed by atoms with Crippen molar-refractivity contribution in [1.82, 2.24) is 4.90 Å². The van der Waals surface area contributed by atoms with Gasteiger partial charge in [-0.25, -0.2) is 4.79 Å². The second kappa shape index (κ2) is 4.41. The largest absolute Gasteiger partial charge is 0.444 e. The molecule has 1 fully saturated rings. The Labute approximate surface area is 95.4 Å². The van der Waals surface area contributed by atoms with E-state index in [4.69, 9.17) is 4.74 Å². The van der Waals surface area contributed by atoms with E-state index in [1.54, 1.807) is 20.8 Å². The lowest BCUT2D eigenvalue weighted by Crippen LogP contribution is -2.36. The number of ether oxygens (including phenoxy) is 1. The van der Waals surface area contributed by atoms with Gasteiger partial charge in [-0.15, -0.1) is 0 Å². The Morgan fingerprint density at radius 1 is 1.31 bits per heavy atom. The fourth-order valence-corrected chi connectivity index (χ4v) is 1.66. The molecule has 0 aromatic carbocycles. The lowest BCUT2D eigenvalue weighted by atomic mass is 10.0. The van der Waals surface area contributed by atoms with Gasteiger partial charge in [0.2, 0.25) is 0 Å². The number of carbonyl (C=O) groups is 2. The molecule has 0 aliphatic carbocycles. The molecule has 0 aromatic rings. The first-order valence-corrected chi connectivity index (χ1v) is 5.37. The molecule has 1 saturated heterocycles. The quantitative estimate of drug-likeness (QED) is 0.722. The molecule has 1 N–H and O–H groups in total. The van der Waals surface area contributed by atoms with Crippen LogP contribution >= 0.6 is 0 Å². The van der Waals surface area contributed by atoms with Crippen LogP contribution < -0.4 is 0 Å². The van der Waals surface area contributed by atoms with Crippen molar-refractivity contribution in [2.75, 3.05) is 13.1 Å². The smallest absolute Gasteiger partial charge is 0.410 e. The highest BCUT2D eigenvalue weighted by atomic mass is 16.6. The number of aliphatic hydroxyl groups excluding tert-OH is 1. The van der Waals surface area contributed by atoms with Crippen molar-refractivity contribution < 1.29 is 19.4 Å². The highest BCUT2D eigenvalue weighted by Crippen LogP contribution is 2.20. The molecule has 0 bridgehead atoms. The third-order valence-corrected chi connectivity index (χ3v) is 2.46. The molecule has 1 amide bonds. The van der Waals surface area contributed by atoms with E-state index >= 15 is 0 Å². The topological polar surface area (TPSA) is 66.8 Å². The van der Waals surface area contributed by atoms with E-state index in [9.17, 15) is 14.7 Å². The first-order chi connectivity index (χ1) is 7.20. The summed E-state index contributed by atoms with van der Waals surface area (Å²) in [6, 6.07) is 0. The summed E-state index contributed by atoms with van der Waals surface area (Å²) in [5.74, 6) is -0.578. The molecule has 0 aromatic heterocycles. The van der Waals surface area contributed by atoms with Gasteiger partial charge in [0.1, 0.15) is 11.4 Å². The summed E-state index contributed by atoms with van der Waals surface area (Å²) in [5.41, 5.74) is -0.559. The maximum atomic E-state index is 11.7. The first-order valence-electron chi connectivity index (χ1n) is 5.37. The number of nitrogens with zero attached hydrogens (tertiary/aromatic N) is 1. The molecule has 5 nitrogen and oxygen atoms in total. The summed E-state index contributed by atoms with van der Waals surface area (Å²) in [6.45, 7) is 7.16. The molecular formula is C11H19NO4. The van der Waals surface area contributed by atoms with Crippen molar-refractivity contribution in [3.05, 3.63) is 0 Å². The van der Waals surface area contributed by atoms with Gasteiger partial charge in [0.05, 0.1) is 18.6 Å². The van der Waals surface area contributed by atoms with Gasteiger partial charge in [0.25, 0.3) is 0 Å². The average Bonchev–Trinajstić information content (AvgIpc) is 2.44. The van der Waals surface area contributed by atoms with Crippen LogP contribution in [0.25, 0.3) is 0 Å². The zero-order chi connectivity index (χ0) is 12.5. The fourth-order valence-electron chi connectivity index (χ4n) is 1.66. The first kappa shape index (κ1) is 13.0. The highest BCUT2D eigenvalue weighted by molar-refractivity contribution is 5.81. The Bertz CT molecular complexity index is 295. The van der Waals surface area contributed by atoms with Crippen molar-refractivity contribution in [3.8, 4) is 0 Å². The lowest BCUT2D eigenvalue weighted by molar-refractivity contribution is -0.122. The van der Waals surface area contributed by atoms with Crippen LogP contribution in [0.1, 0.15) is 27.7 Å². The number of ketones is 1. The zero-order valence-electron chi connectivity index (χ0n) is 10.2. The number of hydrogen-bond donors (Lipinski definition) is 1. The van der Waals surface area contributed by atoms with Gasteiger partial charge in [-0.2, -0.15) is 0 Å². The minimum Gasteiger partial charge on any atom is -0.444 e. The second-order valence-electron chi connectivity index (χ2n) is 5.17. The molecule has 0 spiro atoms. The SMILES string of the molecule is CC(=O)[C@@H]1CN(C(=O)OC(C)(C)C)C[C@H]1O. The van der Waals surface area contributed by atoms with Crippen molar-refractivity contribution in [3.63, 3.8) is 0 Å². The number of β-amino-alcohol motifs (C(OH)–C–C–N with tert-alkyl or cyclic N) is 1. The van der Waals surface area contributed by atoms with Gasteiger partial charge >= 0.3 is 6.09 Å². The van der Waals surface area contributed by atoms with Crippen LogP contribution in [0.2, 0.25) is 0 Å². The van der Waals surface area contributed by atoms with Crippen molar-refractivity contribution in [2.45, 2.75) is 39.4 Å². The van der Waals surface area contributed by atoms with Crippen molar-refractivity contribution >= 4 is 11.9 Å². The minimum absolute atomic E-state index is 0.0986. The molecule has 2 atom stereocenters. The van der Waals surface area contributed by atoms with Crippen LogP contribution in [0.4, 0.5) is 4.79 Å². The van der Waals surface area contributed by atoms with E-state index < -0.39 is 23.7 Å². The van der Waals surface area contributed by atoms with E-state index in [0.717, 1.165) is 0 Å².